The third kappa shape index (κ3) is 5.82. The molecule has 3 nitrogen and oxygen atoms in total. The molecule has 1 atom stereocenters. The second kappa shape index (κ2) is 8.48. The Hall–Kier alpha value is -0.620. The van der Waals surface area contributed by atoms with Gasteiger partial charge in [0.15, 0.2) is 0 Å². The van der Waals surface area contributed by atoms with E-state index in [0.29, 0.717) is 13.0 Å². The molecule has 0 aliphatic rings. The summed E-state index contributed by atoms with van der Waals surface area (Å²) in [5.41, 5.74) is 1.25. The lowest BCUT2D eigenvalue weighted by molar-refractivity contribution is -0.121. The number of hydrogen-bond donors (Lipinski definition) is 2. The highest BCUT2D eigenvalue weighted by Crippen LogP contribution is 2.14. The van der Waals surface area contributed by atoms with Crippen LogP contribution in [0.2, 0.25) is 0 Å². The summed E-state index contributed by atoms with van der Waals surface area (Å²) in [7, 11) is 0. The molecule has 1 aromatic rings. The SMILES string of the molecule is CCCNC(=O)CCNC(C)c1ccc(I)cc1. The fraction of sp³-hybridized carbons (Fsp3) is 0.500. The maximum absolute atomic E-state index is 11.4. The minimum Gasteiger partial charge on any atom is -0.356 e. The summed E-state index contributed by atoms with van der Waals surface area (Å²) in [4.78, 5) is 11.4. The summed E-state index contributed by atoms with van der Waals surface area (Å²) >= 11 is 2.30. The van der Waals surface area contributed by atoms with E-state index in [9.17, 15) is 4.79 Å². The smallest absolute Gasteiger partial charge is 0.221 e. The molecule has 0 aliphatic carbocycles. The molecule has 0 heterocycles. The summed E-state index contributed by atoms with van der Waals surface area (Å²) in [6.07, 6.45) is 1.52. The quantitative estimate of drug-likeness (QED) is 0.735. The molecule has 18 heavy (non-hydrogen) atoms. The molecule has 0 aliphatic heterocycles. The zero-order valence-electron chi connectivity index (χ0n) is 11.0. The molecule has 0 bridgehead atoms. The Morgan fingerprint density at radius 1 is 1.28 bits per heavy atom. The molecule has 100 valence electrons. The fourth-order valence-corrected chi connectivity index (χ4v) is 1.98. The topological polar surface area (TPSA) is 41.1 Å². The number of hydrogen-bond acceptors (Lipinski definition) is 2. The molecule has 0 spiro atoms. The van der Waals surface area contributed by atoms with Crippen molar-refractivity contribution in [2.24, 2.45) is 0 Å². The van der Waals surface area contributed by atoms with Crippen LogP contribution in [-0.2, 0) is 4.79 Å². The first-order valence-corrected chi connectivity index (χ1v) is 7.47. The number of halogens is 1. The predicted octanol–water partition coefficient (Wildman–Crippen LogP) is 2.86. The Labute approximate surface area is 123 Å². The van der Waals surface area contributed by atoms with Crippen molar-refractivity contribution in [1.82, 2.24) is 10.6 Å². The van der Waals surface area contributed by atoms with Crippen molar-refractivity contribution in [2.45, 2.75) is 32.7 Å². The lowest BCUT2D eigenvalue weighted by Crippen LogP contribution is -2.29. The van der Waals surface area contributed by atoms with E-state index in [1.54, 1.807) is 0 Å². The number of rotatable bonds is 7. The molecule has 0 fully saturated rings. The molecule has 0 aromatic heterocycles. The van der Waals surface area contributed by atoms with Gasteiger partial charge >= 0.3 is 0 Å². The summed E-state index contributed by atoms with van der Waals surface area (Å²) < 4.78 is 1.24. The molecular weight excluding hydrogens is 339 g/mol. The largest absolute Gasteiger partial charge is 0.356 e. The van der Waals surface area contributed by atoms with Gasteiger partial charge in [0.2, 0.25) is 5.91 Å². The lowest BCUT2D eigenvalue weighted by Gasteiger charge is -2.14. The van der Waals surface area contributed by atoms with Gasteiger partial charge in [-0.1, -0.05) is 19.1 Å². The third-order valence-electron chi connectivity index (χ3n) is 2.74. The standard InChI is InChI=1S/C14H21IN2O/c1-3-9-17-14(18)8-10-16-11(2)12-4-6-13(15)7-5-12/h4-7,11,16H,3,8-10H2,1-2H3,(H,17,18). The highest BCUT2D eigenvalue weighted by atomic mass is 127. The monoisotopic (exact) mass is 360 g/mol. The van der Waals surface area contributed by atoms with Gasteiger partial charge in [0.1, 0.15) is 0 Å². The Kier molecular flexibility index (Phi) is 7.27. The van der Waals surface area contributed by atoms with Crippen LogP contribution in [0.4, 0.5) is 0 Å². The van der Waals surface area contributed by atoms with Crippen molar-refractivity contribution in [2.75, 3.05) is 13.1 Å². The first-order chi connectivity index (χ1) is 8.63. The van der Waals surface area contributed by atoms with Crippen LogP contribution in [0.5, 0.6) is 0 Å². The normalized spacial score (nSPS) is 12.2. The summed E-state index contributed by atoms with van der Waals surface area (Å²) in [5, 5.41) is 6.24. The second-order valence-electron chi connectivity index (χ2n) is 4.33. The van der Waals surface area contributed by atoms with Gasteiger partial charge in [0.25, 0.3) is 0 Å². The zero-order chi connectivity index (χ0) is 13.4. The molecular formula is C14H21IN2O. The van der Waals surface area contributed by atoms with Gasteiger partial charge in [0, 0.05) is 29.1 Å². The van der Waals surface area contributed by atoms with E-state index in [1.807, 2.05) is 0 Å². The highest BCUT2D eigenvalue weighted by molar-refractivity contribution is 14.1. The molecule has 4 heteroatoms. The van der Waals surface area contributed by atoms with Crippen molar-refractivity contribution in [1.29, 1.82) is 0 Å². The van der Waals surface area contributed by atoms with Crippen LogP contribution in [0.3, 0.4) is 0 Å². The van der Waals surface area contributed by atoms with Crippen LogP contribution >= 0.6 is 22.6 Å². The van der Waals surface area contributed by atoms with Crippen molar-refractivity contribution < 1.29 is 4.79 Å². The van der Waals surface area contributed by atoms with E-state index in [1.165, 1.54) is 9.13 Å². The van der Waals surface area contributed by atoms with Crippen LogP contribution in [0, 0.1) is 3.57 Å². The number of nitrogens with one attached hydrogen (secondary N) is 2. The number of carbonyl (C=O) groups excluding carboxylic acids is 1. The van der Waals surface area contributed by atoms with Gasteiger partial charge in [-0.2, -0.15) is 0 Å². The van der Waals surface area contributed by atoms with Gasteiger partial charge in [-0.15, -0.1) is 0 Å². The van der Waals surface area contributed by atoms with Crippen molar-refractivity contribution in [3.63, 3.8) is 0 Å². The fourth-order valence-electron chi connectivity index (χ4n) is 1.62. The summed E-state index contributed by atoms with van der Waals surface area (Å²) in [6.45, 7) is 5.65. The van der Waals surface area contributed by atoms with E-state index >= 15 is 0 Å². The summed E-state index contributed by atoms with van der Waals surface area (Å²) in [5.74, 6) is 0.124. The molecule has 1 amide bonds. The van der Waals surface area contributed by atoms with Gasteiger partial charge < -0.3 is 10.6 Å². The van der Waals surface area contributed by atoms with E-state index in [0.717, 1.165) is 13.0 Å². The predicted molar refractivity (Wildman–Crippen MR) is 83.5 cm³/mol. The van der Waals surface area contributed by atoms with Gasteiger partial charge in [-0.25, -0.2) is 0 Å². The van der Waals surface area contributed by atoms with Crippen molar-refractivity contribution >= 4 is 28.5 Å². The maximum Gasteiger partial charge on any atom is 0.221 e. The van der Waals surface area contributed by atoms with E-state index in [4.69, 9.17) is 0 Å². The molecule has 0 saturated heterocycles. The molecule has 2 N–H and O–H groups in total. The Balaban J connectivity index is 2.26. The number of amides is 1. The molecule has 0 radical (unpaired) electrons. The number of carbonyl (C=O) groups is 1. The first-order valence-electron chi connectivity index (χ1n) is 6.39. The Bertz CT molecular complexity index is 365. The Morgan fingerprint density at radius 2 is 1.94 bits per heavy atom. The van der Waals surface area contributed by atoms with E-state index in [-0.39, 0.29) is 11.9 Å². The second-order valence-corrected chi connectivity index (χ2v) is 5.57. The Morgan fingerprint density at radius 3 is 2.56 bits per heavy atom. The van der Waals surface area contributed by atoms with E-state index in [2.05, 4.69) is 71.3 Å². The van der Waals surface area contributed by atoms with Crippen molar-refractivity contribution in [3.05, 3.63) is 33.4 Å². The first kappa shape index (κ1) is 15.4. The average Bonchev–Trinajstić information content (AvgIpc) is 2.37. The minimum atomic E-state index is 0.124. The van der Waals surface area contributed by atoms with E-state index < -0.39 is 0 Å². The number of benzene rings is 1. The lowest BCUT2D eigenvalue weighted by atomic mass is 10.1. The molecule has 1 unspecified atom stereocenters. The van der Waals surface area contributed by atoms with Gasteiger partial charge in [-0.05, 0) is 53.6 Å². The highest BCUT2D eigenvalue weighted by Gasteiger charge is 2.05. The van der Waals surface area contributed by atoms with Gasteiger partial charge in [-0.3, -0.25) is 4.79 Å². The third-order valence-corrected chi connectivity index (χ3v) is 3.46. The summed E-state index contributed by atoms with van der Waals surface area (Å²) in [6, 6.07) is 8.72. The maximum atomic E-state index is 11.4. The van der Waals surface area contributed by atoms with Crippen LogP contribution in [0.25, 0.3) is 0 Å². The van der Waals surface area contributed by atoms with Crippen molar-refractivity contribution in [3.8, 4) is 0 Å². The van der Waals surface area contributed by atoms with Crippen LogP contribution in [0.1, 0.15) is 38.3 Å². The zero-order valence-corrected chi connectivity index (χ0v) is 13.2. The van der Waals surface area contributed by atoms with Crippen LogP contribution < -0.4 is 10.6 Å². The van der Waals surface area contributed by atoms with Gasteiger partial charge in [0.05, 0.1) is 0 Å². The van der Waals surface area contributed by atoms with Crippen LogP contribution in [0.15, 0.2) is 24.3 Å². The molecule has 0 saturated carbocycles. The molecule has 1 rings (SSSR count). The van der Waals surface area contributed by atoms with Crippen LogP contribution in [-0.4, -0.2) is 19.0 Å². The average molecular weight is 360 g/mol. The molecule has 1 aromatic carbocycles. The minimum absolute atomic E-state index is 0.124.